The first-order valence-corrected chi connectivity index (χ1v) is 6.56. The Morgan fingerprint density at radius 3 is 2.47 bits per heavy atom. The average Bonchev–Trinajstić information content (AvgIpc) is 2.36. The molecule has 4 nitrogen and oxygen atoms in total. The van der Waals surface area contributed by atoms with E-state index in [2.05, 4.69) is 10.6 Å². The van der Waals surface area contributed by atoms with Gasteiger partial charge in [-0.05, 0) is 18.2 Å². The molecule has 0 fully saturated rings. The van der Waals surface area contributed by atoms with Crippen molar-refractivity contribution >= 4 is 23.6 Å². The predicted octanol–water partition coefficient (Wildman–Crippen LogP) is 1.31. The summed E-state index contributed by atoms with van der Waals surface area (Å²) in [7, 11) is 0. The molecule has 0 aliphatic heterocycles. The van der Waals surface area contributed by atoms with E-state index in [0.29, 0.717) is 18.0 Å². The van der Waals surface area contributed by atoms with Gasteiger partial charge in [0.1, 0.15) is 0 Å². The van der Waals surface area contributed by atoms with E-state index in [1.807, 2.05) is 0 Å². The van der Waals surface area contributed by atoms with E-state index >= 15 is 0 Å². The summed E-state index contributed by atoms with van der Waals surface area (Å²) < 4.78 is 25.6. The molecule has 0 aromatic heterocycles. The number of rotatable bonds is 6. The molecule has 2 N–H and O–H groups in total. The summed E-state index contributed by atoms with van der Waals surface area (Å²) in [6, 6.07) is 3.48. The number of carbonyl (C=O) groups excluding carboxylic acids is 2. The summed E-state index contributed by atoms with van der Waals surface area (Å²) >= 11 is 1.11. The van der Waals surface area contributed by atoms with Crippen LogP contribution in [-0.2, 0) is 9.59 Å². The predicted molar refractivity (Wildman–Crippen MR) is 68.8 cm³/mol. The van der Waals surface area contributed by atoms with Crippen LogP contribution < -0.4 is 10.6 Å². The zero-order valence-electron chi connectivity index (χ0n) is 10.3. The van der Waals surface area contributed by atoms with Crippen molar-refractivity contribution in [1.29, 1.82) is 0 Å². The SMILES string of the molecule is CC(=O)NCCNC(=O)CSc1ccc(F)c(F)c1. The minimum atomic E-state index is -0.934. The van der Waals surface area contributed by atoms with Gasteiger partial charge in [-0.2, -0.15) is 0 Å². The van der Waals surface area contributed by atoms with Crippen molar-refractivity contribution in [3.8, 4) is 0 Å². The van der Waals surface area contributed by atoms with Crippen LogP contribution in [0.5, 0.6) is 0 Å². The number of carbonyl (C=O) groups is 2. The standard InChI is InChI=1S/C12H14F2N2O2S/c1-8(17)15-4-5-16-12(18)7-19-9-2-3-10(13)11(14)6-9/h2-3,6H,4-5,7H2,1H3,(H,15,17)(H,16,18). The maximum Gasteiger partial charge on any atom is 0.230 e. The summed E-state index contributed by atoms with van der Waals surface area (Å²) in [5.74, 6) is -2.14. The number of hydrogen-bond donors (Lipinski definition) is 2. The molecule has 0 atom stereocenters. The third-order valence-corrected chi connectivity index (χ3v) is 3.08. The van der Waals surface area contributed by atoms with E-state index in [9.17, 15) is 18.4 Å². The van der Waals surface area contributed by atoms with Gasteiger partial charge < -0.3 is 10.6 Å². The first-order chi connectivity index (χ1) is 8.99. The smallest absolute Gasteiger partial charge is 0.230 e. The first-order valence-electron chi connectivity index (χ1n) is 5.58. The quantitative estimate of drug-likeness (QED) is 0.613. The van der Waals surface area contributed by atoms with Crippen molar-refractivity contribution in [2.24, 2.45) is 0 Å². The molecular weight excluding hydrogens is 274 g/mol. The molecule has 0 saturated carbocycles. The molecule has 0 spiro atoms. The zero-order valence-corrected chi connectivity index (χ0v) is 11.2. The molecule has 0 bridgehead atoms. The Morgan fingerprint density at radius 1 is 1.16 bits per heavy atom. The van der Waals surface area contributed by atoms with Gasteiger partial charge in [-0.1, -0.05) is 0 Å². The van der Waals surface area contributed by atoms with E-state index < -0.39 is 11.6 Å². The maximum absolute atomic E-state index is 12.9. The van der Waals surface area contributed by atoms with Gasteiger partial charge in [0, 0.05) is 24.9 Å². The van der Waals surface area contributed by atoms with E-state index in [0.717, 1.165) is 23.9 Å². The van der Waals surface area contributed by atoms with Crippen LogP contribution in [0.25, 0.3) is 0 Å². The Kier molecular flexibility index (Phi) is 6.27. The van der Waals surface area contributed by atoms with Crippen molar-refractivity contribution < 1.29 is 18.4 Å². The van der Waals surface area contributed by atoms with Crippen LogP contribution in [-0.4, -0.2) is 30.7 Å². The number of nitrogens with one attached hydrogen (secondary N) is 2. The molecule has 1 aromatic carbocycles. The lowest BCUT2D eigenvalue weighted by molar-refractivity contribution is -0.120. The fourth-order valence-corrected chi connectivity index (χ4v) is 1.96. The minimum absolute atomic E-state index is 0.102. The van der Waals surface area contributed by atoms with Crippen LogP contribution >= 0.6 is 11.8 Å². The molecule has 0 aliphatic rings. The Bertz CT molecular complexity index is 469. The van der Waals surface area contributed by atoms with Gasteiger partial charge >= 0.3 is 0 Å². The van der Waals surface area contributed by atoms with Crippen molar-refractivity contribution in [3.63, 3.8) is 0 Å². The molecule has 0 radical (unpaired) electrons. The second-order valence-corrected chi connectivity index (χ2v) is 4.75. The molecule has 1 rings (SSSR count). The third-order valence-electron chi connectivity index (χ3n) is 2.08. The Labute approximate surface area is 113 Å². The van der Waals surface area contributed by atoms with Crippen molar-refractivity contribution in [2.75, 3.05) is 18.8 Å². The van der Waals surface area contributed by atoms with E-state index in [-0.39, 0.29) is 17.6 Å². The first kappa shape index (κ1) is 15.4. The molecule has 7 heteroatoms. The number of hydrogen-bond acceptors (Lipinski definition) is 3. The second kappa shape index (κ2) is 7.73. The number of amides is 2. The normalized spacial score (nSPS) is 10.1. The molecular formula is C12H14F2N2O2S. The molecule has 104 valence electrons. The average molecular weight is 288 g/mol. The van der Waals surface area contributed by atoms with Gasteiger partial charge in [0.2, 0.25) is 11.8 Å². The molecule has 0 saturated heterocycles. The second-order valence-electron chi connectivity index (χ2n) is 3.70. The number of halogens is 2. The zero-order chi connectivity index (χ0) is 14.3. The van der Waals surface area contributed by atoms with Crippen molar-refractivity contribution in [2.45, 2.75) is 11.8 Å². The minimum Gasteiger partial charge on any atom is -0.355 e. The van der Waals surface area contributed by atoms with Gasteiger partial charge in [0.25, 0.3) is 0 Å². The van der Waals surface area contributed by atoms with Crippen LogP contribution in [0.15, 0.2) is 23.1 Å². The van der Waals surface area contributed by atoms with Gasteiger partial charge in [0.15, 0.2) is 11.6 Å². The lowest BCUT2D eigenvalue weighted by atomic mass is 10.3. The van der Waals surface area contributed by atoms with Gasteiger partial charge in [0.05, 0.1) is 5.75 Å². The summed E-state index contributed by atoms with van der Waals surface area (Å²) in [5.41, 5.74) is 0. The van der Waals surface area contributed by atoms with Gasteiger partial charge in [-0.3, -0.25) is 9.59 Å². The molecule has 0 aliphatic carbocycles. The summed E-state index contributed by atoms with van der Waals surface area (Å²) in [5, 5.41) is 5.13. The number of benzene rings is 1. The summed E-state index contributed by atoms with van der Waals surface area (Å²) in [6.45, 7) is 2.08. The molecule has 0 unspecified atom stereocenters. The fourth-order valence-electron chi connectivity index (χ4n) is 1.21. The maximum atomic E-state index is 12.9. The Balaban J connectivity index is 2.26. The van der Waals surface area contributed by atoms with Crippen LogP contribution in [0.1, 0.15) is 6.92 Å². The summed E-state index contributed by atoms with van der Waals surface area (Å²) in [6.07, 6.45) is 0. The van der Waals surface area contributed by atoms with Crippen LogP contribution in [0, 0.1) is 11.6 Å². The topological polar surface area (TPSA) is 58.2 Å². The van der Waals surface area contributed by atoms with E-state index in [1.165, 1.54) is 13.0 Å². The van der Waals surface area contributed by atoms with Crippen molar-refractivity contribution in [1.82, 2.24) is 10.6 Å². The Hall–Kier alpha value is -1.63. The molecule has 0 heterocycles. The molecule has 1 aromatic rings. The molecule has 2 amide bonds. The highest BCUT2D eigenvalue weighted by Gasteiger charge is 2.06. The van der Waals surface area contributed by atoms with E-state index in [4.69, 9.17) is 0 Å². The van der Waals surface area contributed by atoms with Gasteiger partial charge in [-0.15, -0.1) is 11.8 Å². The van der Waals surface area contributed by atoms with Crippen LogP contribution in [0.4, 0.5) is 8.78 Å². The summed E-state index contributed by atoms with van der Waals surface area (Å²) in [4.78, 5) is 22.4. The highest BCUT2D eigenvalue weighted by atomic mass is 32.2. The van der Waals surface area contributed by atoms with E-state index in [1.54, 1.807) is 0 Å². The van der Waals surface area contributed by atoms with Crippen molar-refractivity contribution in [3.05, 3.63) is 29.8 Å². The highest BCUT2D eigenvalue weighted by Crippen LogP contribution is 2.19. The lowest BCUT2D eigenvalue weighted by Crippen LogP contribution is -2.34. The van der Waals surface area contributed by atoms with Crippen LogP contribution in [0.3, 0.4) is 0 Å². The number of thioether (sulfide) groups is 1. The largest absolute Gasteiger partial charge is 0.355 e. The van der Waals surface area contributed by atoms with Gasteiger partial charge in [-0.25, -0.2) is 8.78 Å². The molecule has 19 heavy (non-hydrogen) atoms. The lowest BCUT2D eigenvalue weighted by Gasteiger charge is -2.05. The third kappa shape index (κ3) is 6.19. The Morgan fingerprint density at radius 2 is 1.84 bits per heavy atom. The monoisotopic (exact) mass is 288 g/mol. The van der Waals surface area contributed by atoms with Crippen LogP contribution in [0.2, 0.25) is 0 Å². The highest BCUT2D eigenvalue weighted by molar-refractivity contribution is 8.00. The fraction of sp³-hybridized carbons (Fsp3) is 0.333.